The minimum Gasteiger partial charge on any atom is -0.507 e. The molecule has 3 aromatic carbocycles. The maximum atomic E-state index is 9.85. The zero-order valence-corrected chi connectivity index (χ0v) is 13.8. The molecule has 0 aliphatic carbocycles. The predicted octanol–water partition coefficient (Wildman–Crippen LogP) is 4.91. The number of nitrogens with zero attached hydrogens (tertiary/aromatic N) is 2. The molecule has 4 nitrogen and oxygen atoms in total. The van der Waals surface area contributed by atoms with Gasteiger partial charge in [0, 0.05) is 23.6 Å². The van der Waals surface area contributed by atoms with Gasteiger partial charge in [-0.3, -0.25) is 9.98 Å². The molecule has 0 amide bonds. The van der Waals surface area contributed by atoms with Crippen molar-refractivity contribution in [1.29, 1.82) is 0 Å². The van der Waals surface area contributed by atoms with Crippen LogP contribution in [-0.4, -0.2) is 22.6 Å². The third-order valence-electron chi connectivity index (χ3n) is 3.69. The van der Waals surface area contributed by atoms with Crippen LogP contribution in [0.4, 0.5) is 11.4 Å². The molecule has 2 N–H and O–H groups in total. The Balaban J connectivity index is 1.93. The van der Waals surface area contributed by atoms with Crippen molar-refractivity contribution in [3.8, 4) is 11.5 Å². The van der Waals surface area contributed by atoms with Crippen molar-refractivity contribution in [3.05, 3.63) is 83.4 Å². The number of rotatable bonds is 4. The van der Waals surface area contributed by atoms with Crippen molar-refractivity contribution in [2.75, 3.05) is 0 Å². The van der Waals surface area contributed by atoms with E-state index in [1.165, 1.54) is 0 Å². The Morgan fingerprint density at radius 1 is 0.680 bits per heavy atom. The summed E-state index contributed by atoms with van der Waals surface area (Å²) in [6, 6.07) is 19.8. The van der Waals surface area contributed by atoms with E-state index in [0.29, 0.717) is 22.5 Å². The molecule has 3 aromatic rings. The third-order valence-corrected chi connectivity index (χ3v) is 3.69. The molecule has 0 saturated heterocycles. The second-order valence-electron chi connectivity index (χ2n) is 5.63. The smallest absolute Gasteiger partial charge is 0.124 e. The standard InChI is InChI=1S/C21H18N2O2/c1-15-10-11-18(22-13-16-6-2-4-8-20(16)24)19(12-15)23-14-17-7-3-5-9-21(17)25/h2-14,24-25H,1H3. The van der Waals surface area contributed by atoms with Crippen molar-refractivity contribution < 1.29 is 10.2 Å². The van der Waals surface area contributed by atoms with Crippen LogP contribution >= 0.6 is 0 Å². The van der Waals surface area contributed by atoms with E-state index in [4.69, 9.17) is 0 Å². The van der Waals surface area contributed by atoms with Gasteiger partial charge in [-0.2, -0.15) is 0 Å². The average molecular weight is 330 g/mol. The quantitative estimate of drug-likeness (QED) is 0.668. The summed E-state index contributed by atoms with van der Waals surface area (Å²) >= 11 is 0. The van der Waals surface area contributed by atoms with Gasteiger partial charge in [-0.25, -0.2) is 0 Å². The van der Waals surface area contributed by atoms with Gasteiger partial charge in [0.15, 0.2) is 0 Å². The molecule has 0 saturated carbocycles. The van der Waals surface area contributed by atoms with E-state index in [1.54, 1.807) is 48.8 Å². The summed E-state index contributed by atoms with van der Waals surface area (Å²) in [5.74, 6) is 0.357. The Morgan fingerprint density at radius 3 is 1.76 bits per heavy atom. The Hall–Kier alpha value is -3.40. The molecule has 0 bridgehead atoms. The summed E-state index contributed by atoms with van der Waals surface area (Å²) in [6.07, 6.45) is 3.22. The maximum absolute atomic E-state index is 9.85. The SMILES string of the molecule is Cc1ccc(N=Cc2ccccc2O)c(N=Cc2ccccc2O)c1. The van der Waals surface area contributed by atoms with Gasteiger partial charge in [0.05, 0.1) is 11.4 Å². The highest BCUT2D eigenvalue weighted by atomic mass is 16.3. The lowest BCUT2D eigenvalue weighted by atomic mass is 10.2. The summed E-state index contributed by atoms with van der Waals surface area (Å²) in [7, 11) is 0. The largest absolute Gasteiger partial charge is 0.507 e. The van der Waals surface area contributed by atoms with Gasteiger partial charge in [-0.05, 0) is 48.9 Å². The maximum Gasteiger partial charge on any atom is 0.124 e. The summed E-state index contributed by atoms with van der Waals surface area (Å²) in [6.45, 7) is 1.98. The number of hydrogen-bond donors (Lipinski definition) is 2. The molecule has 25 heavy (non-hydrogen) atoms. The number of phenolic OH excluding ortho intramolecular Hbond substituents is 2. The van der Waals surface area contributed by atoms with Crippen LogP contribution in [0, 0.1) is 6.92 Å². The minimum absolute atomic E-state index is 0.178. The summed E-state index contributed by atoms with van der Waals surface area (Å²) in [5.41, 5.74) is 3.71. The van der Waals surface area contributed by atoms with Crippen LogP contribution in [0.25, 0.3) is 0 Å². The van der Waals surface area contributed by atoms with Crippen LogP contribution in [0.3, 0.4) is 0 Å². The van der Waals surface area contributed by atoms with Crippen molar-refractivity contribution >= 4 is 23.8 Å². The number of phenols is 2. The van der Waals surface area contributed by atoms with Crippen LogP contribution in [0.5, 0.6) is 11.5 Å². The van der Waals surface area contributed by atoms with Crippen LogP contribution in [0.1, 0.15) is 16.7 Å². The Morgan fingerprint density at radius 2 is 1.20 bits per heavy atom. The van der Waals surface area contributed by atoms with E-state index >= 15 is 0 Å². The van der Waals surface area contributed by atoms with Crippen LogP contribution in [0.15, 0.2) is 76.7 Å². The van der Waals surface area contributed by atoms with Gasteiger partial charge < -0.3 is 10.2 Å². The monoisotopic (exact) mass is 330 g/mol. The normalized spacial score (nSPS) is 11.4. The van der Waals surface area contributed by atoms with E-state index in [0.717, 1.165) is 5.56 Å². The molecule has 0 aromatic heterocycles. The van der Waals surface area contributed by atoms with Gasteiger partial charge in [-0.1, -0.05) is 30.3 Å². The lowest BCUT2D eigenvalue weighted by Gasteiger charge is -2.03. The van der Waals surface area contributed by atoms with Gasteiger partial charge in [0.2, 0.25) is 0 Å². The first-order chi connectivity index (χ1) is 12.1. The third kappa shape index (κ3) is 4.12. The number of benzene rings is 3. The second-order valence-corrected chi connectivity index (χ2v) is 5.63. The lowest BCUT2D eigenvalue weighted by molar-refractivity contribution is 0.474. The fourth-order valence-electron chi connectivity index (χ4n) is 2.32. The molecule has 3 rings (SSSR count). The van der Waals surface area contributed by atoms with Gasteiger partial charge in [0.1, 0.15) is 11.5 Å². The Bertz CT molecular complexity index is 946. The van der Waals surface area contributed by atoms with E-state index < -0.39 is 0 Å². The number of aliphatic imine (C=N–C) groups is 2. The molecule has 0 heterocycles. The summed E-state index contributed by atoms with van der Waals surface area (Å²) in [5, 5.41) is 19.7. The first-order valence-electron chi connectivity index (χ1n) is 7.88. The van der Waals surface area contributed by atoms with E-state index in [-0.39, 0.29) is 11.5 Å². The topological polar surface area (TPSA) is 65.2 Å². The van der Waals surface area contributed by atoms with Crippen LogP contribution < -0.4 is 0 Å². The summed E-state index contributed by atoms with van der Waals surface area (Å²) < 4.78 is 0. The number of aryl methyl sites for hydroxylation is 1. The zero-order chi connectivity index (χ0) is 17.6. The average Bonchev–Trinajstić information content (AvgIpc) is 2.61. The number of para-hydroxylation sites is 2. The van der Waals surface area contributed by atoms with Crippen molar-refractivity contribution in [3.63, 3.8) is 0 Å². The van der Waals surface area contributed by atoms with Crippen molar-refractivity contribution in [2.24, 2.45) is 9.98 Å². The lowest BCUT2D eigenvalue weighted by Crippen LogP contribution is -1.83. The van der Waals surface area contributed by atoms with Crippen molar-refractivity contribution in [2.45, 2.75) is 6.92 Å². The molecular formula is C21H18N2O2. The summed E-state index contributed by atoms with van der Waals surface area (Å²) in [4.78, 5) is 8.92. The minimum atomic E-state index is 0.178. The zero-order valence-electron chi connectivity index (χ0n) is 13.8. The fraction of sp³-hybridized carbons (Fsp3) is 0.0476. The molecule has 0 radical (unpaired) electrons. The molecule has 0 fully saturated rings. The number of hydrogen-bond acceptors (Lipinski definition) is 4. The highest BCUT2D eigenvalue weighted by molar-refractivity contribution is 5.89. The Kier molecular flexibility index (Phi) is 4.90. The molecule has 124 valence electrons. The molecule has 4 heteroatoms. The first kappa shape index (κ1) is 16.5. The van der Waals surface area contributed by atoms with E-state index in [9.17, 15) is 10.2 Å². The fourth-order valence-corrected chi connectivity index (χ4v) is 2.32. The van der Waals surface area contributed by atoms with Crippen molar-refractivity contribution in [1.82, 2.24) is 0 Å². The molecule has 0 aliphatic rings. The second kappa shape index (κ2) is 7.45. The molecular weight excluding hydrogens is 312 g/mol. The number of aromatic hydroxyl groups is 2. The Labute approximate surface area is 146 Å². The predicted molar refractivity (Wildman–Crippen MR) is 102 cm³/mol. The molecule has 0 unspecified atom stereocenters. The van der Waals surface area contributed by atoms with E-state index in [2.05, 4.69) is 9.98 Å². The molecule has 0 spiro atoms. The first-order valence-corrected chi connectivity index (χ1v) is 7.88. The van der Waals surface area contributed by atoms with Gasteiger partial charge in [-0.15, -0.1) is 0 Å². The molecule has 0 aliphatic heterocycles. The highest BCUT2D eigenvalue weighted by Gasteiger charge is 2.02. The molecule has 0 atom stereocenters. The van der Waals surface area contributed by atoms with Gasteiger partial charge in [0.25, 0.3) is 0 Å². The van der Waals surface area contributed by atoms with Gasteiger partial charge >= 0.3 is 0 Å². The highest BCUT2D eigenvalue weighted by Crippen LogP contribution is 2.29. The van der Waals surface area contributed by atoms with Crippen LogP contribution in [0.2, 0.25) is 0 Å². The van der Waals surface area contributed by atoms with Crippen LogP contribution in [-0.2, 0) is 0 Å². The van der Waals surface area contributed by atoms with E-state index in [1.807, 2.05) is 37.3 Å².